The molecule has 1 fully saturated rings. The average molecular weight is 483 g/mol. The molecule has 27 heavy (non-hydrogen) atoms. The van der Waals surface area contributed by atoms with Crippen molar-refractivity contribution in [3.8, 4) is 0 Å². The molecule has 1 aromatic carbocycles. The normalized spacial score (nSPS) is 18.8. The summed E-state index contributed by atoms with van der Waals surface area (Å²) in [5, 5.41) is 0. The average Bonchev–Trinajstić information content (AvgIpc) is 3.13. The first-order chi connectivity index (χ1) is 13.3. The zero-order valence-electron chi connectivity index (χ0n) is 17.6. The zero-order valence-corrected chi connectivity index (χ0v) is 20.4. The Labute approximate surface area is 172 Å². The summed E-state index contributed by atoms with van der Waals surface area (Å²) < 4.78 is 14.9. The van der Waals surface area contributed by atoms with Crippen molar-refractivity contribution < 1.29 is 11.2 Å². The molecule has 0 N–H and O–H groups in total. The van der Waals surface area contributed by atoms with E-state index in [2.05, 4.69) is 26.0 Å². The Morgan fingerprint density at radius 3 is 1.78 bits per heavy atom. The van der Waals surface area contributed by atoms with Crippen LogP contribution in [0.4, 0.5) is 0 Å². The Bertz CT molecular complexity index is 464. The molecular weight excluding hydrogens is 443 g/mol. The first-order valence-corrected chi connectivity index (χ1v) is 17.7. The molecule has 0 aliphatic carbocycles. The van der Waals surface area contributed by atoms with Crippen LogP contribution < -0.4 is 0 Å². The minimum absolute atomic E-state index is 0.304. The number of hydrogen-bond donors (Lipinski definition) is 0. The Morgan fingerprint density at radius 1 is 0.704 bits per heavy atom. The second kappa shape index (κ2) is 14.0. The fourth-order valence-electron chi connectivity index (χ4n) is 3.78. The molecule has 0 spiro atoms. The van der Waals surface area contributed by atoms with Crippen LogP contribution in [-0.2, 0) is 11.2 Å². The van der Waals surface area contributed by atoms with E-state index in [4.69, 9.17) is 11.2 Å². The van der Waals surface area contributed by atoms with Crippen molar-refractivity contribution in [2.24, 2.45) is 0 Å². The van der Waals surface area contributed by atoms with Crippen LogP contribution in [0.15, 0.2) is 30.3 Å². The van der Waals surface area contributed by atoms with Crippen LogP contribution in [0.3, 0.4) is 0 Å². The molecule has 1 atom stereocenters. The van der Waals surface area contributed by atoms with Gasteiger partial charge in [-0.15, -0.1) is 0 Å². The molecule has 0 aromatic heterocycles. The molecule has 1 heterocycles. The molecule has 0 saturated carbocycles. The third kappa shape index (κ3) is 8.84. The SMILES string of the molecule is CCCCCCC[CH2][Sn]1([CH2]CCCCCCC)[O]OC(c2ccccc2)[O]1. The summed E-state index contributed by atoms with van der Waals surface area (Å²) in [7, 11) is 0. The van der Waals surface area contributed by atoms with Gasteiger partial charge in [-0.1, -0.05) is 0 Å². The van der Waals surface area contributed by atoms with Crippen LogP contribution in [-0.4, -0.2) is 19.2 Å². The summed E-state index contributed by atoms with van der Waals surface area (Å²) in [6.07, 6.45) is 15.5. The molecule has 1 aliphatic rings. The Kier molecular flexibility index (Phi) is 12.0. The van der Waals surface area contributed by atoms with Crippen LogP contribution in [0.1, 0.15) is 103 Å². The number of unbranched alkanes of at least 4 members (excludes halogenated alkanes) is 10. The van der Waals surface area contributed by atoms with Gasteiger partial charge < -0.3 is 0 Å². The Hall–Kier alpha value is -0.101. The van der Waals surface area contributed by atoms with Gasteiger partial charge in [-0.3, -0.25) is 0 Å². The third-order valence-electron chi connectivity index (χ3n) is 5.50. The Balaban J connectivity index is 1.81. The fraction of sp³-hybridized carbons (Fsp3) is 0.739. The molecular formula is C23H40O3Sn. The Morgan fingerprint density at radius 2 is 1.22 bits per heavy atom. The topological polar surface area (TPSA) is 27.7 Å². The molecule has 0 radical (unpaired) electrons. The second-order valence-electron chi connectivity index (χ2n) is 7.99. The monoisotopic (exact) mass is 484 g/mol. The van der Waals surface area contributed by atoms with E-state index in [1.807, 2.05) is 18.2 Å². The molecule has 1 aromatic rings. The second-order valence-corrected chi connectivity index (χ2v) is 17.2. The molecule has 1 aliphatic heterocycles. The van der Waals surface area contributed by atoms with Gasteiger partial charge in [0.25, 0.3) is 0 Å². The summed E-state index contributed by atoms with van der Waals surface area (Å²) in [5.74, 6) is 0. The minimum atomic E-state index is -3.10. The van der Waals surface area contributed by atoms with E-state index >= 15 is 0 Å². The molecule has 0 bridgehead atoms. The van der Waals surface area contributed by atoms with Crippen LogP contribution in [0.25, 0.3) is 0 Å². The molecule has 154 valence electrons. The van der Waals surface area contributed by atoms with Crippen molar-refractivity contribution in [1.82, 2.24) is 0 Å². The van der Waals surface area contributed by atoms with Gasteiger partial charge in [0.1, 0.15) is 0 Å². The molecule has 1 saturated heterocycles. The first kappa shape index (κ1) is 23.2. The van der Waals surface area contributed by atoms with Crippen molar-refractivity contribution in [2.75, 3.05) is 0 Å². The zero-order chi connectivity index (χ0) is 19.2. The summed E-state index contributed by atoms with van der Waals surface area (Å²) in [4.78, 5) is 5.72. The van der Waals surface area contributed by atoms with Crippen molar-refractivity contribution in [2.45, 2.75) is 106 Å². The molecule has 2 rings (SSSR count). The third-order valence-corrected chi connectivity index (χ3v) is 14.8. The quantitative estimate of drug-likeness (QED) is 0.145. The summed E-state index contributed by atoms with van der Waals surface area (Å²) in [6.45, 7) is 4.54. The maximum absolute atomic E-state index is 6.56. The van der Waals surface area contributed by atoms with Gasteiger partial charge in [0.15, 0.2) is 0 Å². The van der Waals surface area contributed by atoms with Crippen molar-refractivity contribution in [3.63, 3.8) is 0 Å². The van der Waals surface area contributed by atoms with Crippen molar-refractivity contribution >= 4 is 19.2 Å². The molecule has 1 unspecified atom stereocenters. The van der Waals surface area contributed by atoms with Crippen LogP contribution in [0, 0.1) is 0 Å². The van der Waals surface area contributed by atoms with Crippen molar-refractivity contribution in [1.29, 1.82) is 0 Å². The number of benzene rings is 1. The van der Waals surface area contributed by atoms with E-state index in [0.717, 1.165) is 14.4 Å². The molecule has 0 amide bonds. The van der Waals surface area contributed by atoms with Crippen LogP contribution >= 0.6 is 0 Å². The van der Waals surface area contributed by atoms with E-state index in [0.29, 0.717) is 0 Å². The van der Waals surface area contributed by atoms with Gasteiger partial charge >= 0.3 is 172 Å². The van der Waals surface area contributed by atoms with E-state index in [1.54, 1.807) is 0 Å². The van der Waals surface area contributed by atoms with E-state index in [1.165, 1.54) is 77.0 Å². The summed E-state index contributed by atoms with van der Waals surface area (Å²) in [6, 6.07) is 10.3. The number of rotatable bonds is 15. The van der Waals surface area contributed by atoms with Gasteiger partial charge in [0, 0.05) is 0 Å². The van der Waals surface area contributed by atoms with Crippen molar-refractivity contribution in [3.05, 3.63) is 35.9 Å². The van der Waals surface area contributed by atoms with Crippen LogP contribution in [0.2, 0.25) is 8.87 Å². The first-order valence-electron chi connectivity index (χ1n) is 11.4. The molecule has 3 nitrogen and oxygen atoms in total. The van der Waals surface area contributed by atoms with Gasteiger partial charge in [-0.05, 0) is 0 Å². The maximum atomic E-state index is 6.56. The van der Waals surface area contributed by atoms with Gasteiger partial charge in [0.05, 0.1) is 0 Å². The van der Waals surface area contributed by atoms with Gasteiger partial charge in [-0.25, -0.2) is 0 Å². The van der Waals surface area contributed by atoms with E-state index in [-0.39, 0.29) is 6.29 Å². The molecule has 4 heteroatoms. The number of hydrogen-bond acceptors (Lipinski definition) is 3. The van der Waals surface area contributed by atoms with Gasteiger partial charge in [0.2, 0.25) is 0 Å². The standard InChI is InChI=1S/2C8H17.C7H7O3.Sn/c2*1-3-5-7-8-6-4-2;8-7(10-9)6-4-2-1-3-5-6;/h2*1,3-8H2,2H3;1-5,7,9H;/q;;-1;+2/p-1. The van der Waals surface area contributed by atoms with E-state index in [9.17, 15) is 0 Å². The fourth-order valence-corrected chi connectivity index (χ4v) is 12.6. The van der Waals surface area contributed by atoms with Crippen LogP contribution in [0.5, 0.6) is 0 Å². The van der Waals surface area contributed by atoms with Gasteiger partial charge in [-0.2, -0.15) is 0 Å². The summed E-state index contributed by atoms with van der Waals surface area (Å²) in [5.41, 5.74) is 1.09. The predicted molar refractivity (Wildman–Crippen MR) is 115 cm³/mol. The van der Waals surface area contributed by atoms with E-state index < -0.39 is 19.2 Å². The summed E-state index contributed by atoms with van der Waals surface area (Å²) >= 11 is -3.10. The predicted octanol–water partition coefficient (Wildman–Crippen LogP) is 7.83.